The number of rotatable bonds is 5. The van der Waals surface area contributed by atoms with Crippen molar-refractivity contribution in [1.82, 2.24) is 10.3 Å². The van der Waals surface area contributed by atoms with Crippen LogP contribution in [-0.2, 0) is 17.4 Å². The summed E-state index contributed by atoms with van der Waals surface area (Å²) in [5.74, 6) is 1.16. The lowest BCUT2D eigenvalue weighted by Crippen LogP contribution is -2.18. The molecule has 0 bridgehead atoms. The molecule has 11 heteroatoms. The van der Waals surface area contributed by atoms with Crippen LogP contribution in [0.15, 0.2) is 54.7 Å². The molecular formula is C24H22ClF3N4O3. The zero-order chi connectivity index (χ0) is 25.6. The van der Waals surface area contributed by atoms with Gasteiger partial charge in [0.1, 0.15) is 17.2 Å². The Kier molecular flexibility index (Phi) is 8.18. The van der Waals surface area contributed by atoms with Gasteiger partial charge >= 0.3 is 6.18 Å². The fourth-order valence-corrected chi connectivity index (χ4v) is 3.52. The number of nitrogens with one attached hydrogen (secondary N) is 2. The number of carbonyl (C=O) groups excluding carboxylic acids is 2. The van der Waals surface area contributed by atoms with E-state index in [2.05, 4.69) is 39.7 Å². The van der Waals surface area contributed by atoms with E-state index < -0.39 is 11.7 Å². The predicted molar refractivity (Wildman–Crippen MR) is 127 cm³/mol. The molecule has 3 aromatic rings. The lowest BCUT2D eigenvalue weighted by atomic mass is 10.1. The van der Waals surface area contributed by atoms with Crippen molar-refractivity contribution in [3.05, 3.63) is 76.6 Å². The molecule has 0 spiro atoms. The van der Waals surface area contributed by atoms with Gasteiger partial charge in [0.25, 0.3) is 5.91 Å². The topological polar surface area (TPSA) is 83.6 Å². The first-order valence-corrected chi connectivity index (χ1v) is 10.8. The molecule has 0 fully saturated rings. The van der Waals surface area contributed by atoms with Gasteiger partial charge in [-0.1, -0.05) is 11.6 Å². The molecule has 0 aliphatic carbocycles. The molecule has 1 aliphatic rings. The summed E-state index contributed by atoms with van der Waals surface area (Å²) in [4.78, 5) is 27.9. The summed E-state index contributed by atoms with van der Waals surface area (Å²) in [6, 6.07) is 12.1. The number of fused-ring (bicyclic) bond motifs is 1. The highest BCUT2D eigenvalue weighted by Crippen LogP contribution is 2.34. The van der Waals surface area contributed by atoms with Crippen LogP contribution in [0, 0.1) is 0 Å². The number of likely N-dealkylation sites (N-methyl/N-ethyl adjacent to an activating group) is 1. The first kappa shape index (κ1) is 25.8. The van der Waals surface area contributed by atoms with E-state index in [-0.39, 0.29) is 23.0 Å². The molecule has 0 unspecified atom stereocenters. The van der Waals surface area contributed by atoms with Crippen LogP contribution in [0.5, 0.6) is 11.5 Å². The second-order valence-corrected chi connectivity index (χ2v) is 7.88. The molecular weight excluding hydrogens is 485 g/mol. The molecule has 0 saturated heterocycles. The number of halogens is 4. The fourth-order valence-electron chi connectivity index (χ4n) is 3.35. The maximum atomic E-state index is 12.2. The quantitative estimate of drug-likeness (QED) is 0.467. The van der Waals surface area contributed by atoms with Crippen LogP contribution in [0.1, 0.15) is 21.6 Å². The smallest absolute Gasteiger partial charge is 0.416 e. The van der Waals surface area contributed by atoms with Gasteiger partial charge in [-0.15, -0.1) is 0 Å². The van der Waals surface area contributed by atoms with Crippen molar-refractivity contribution >= 4 is 35.3 Å². The van der Waals surface area contributed by atoms with Gasteiger partial charge in [-0.2, -0.15) is 13.2 Å². The Morgan fingerprint density at radius 3 is 2.57 bits per heavy atom. The number of carbonyl (C=O) groups is 2. The van der Waals surface area contributed by atoms with Crippen molar-refractivity contribution in [2.24, 2.45) is 0 Å². The van der Waals surface area contributed by atoms with Crippen molar-refractivity contribution in [3.63, 3.8) is 0 Å². The Labute approximate surface area is 204 Å². The molecule has 2 heterocycles. The highest BCUT2D eigenvalue weighted by Gasteiger charge is 2.30. The van der Waals surface area contributed by atoms with Crippen LogP contribution in [0.3, 0.4) is 0 Å². The fraction of sp³-hybridized carbons (Fsp3) is 0.208. The second-order valence-electron chi connectivity index (χ2n) is 7.47. The van der Waals surface area contributed by atoms with Gasteiger partial charge in [-0.25, -0.2) is 0 Å². The molecule has 0 radical (unpaired) electrons. The highest BCUT2D eigenvalue weighted by atomic mass is 35.5. The molecule has 1 aliphatic heterocycles. The Morgan fingerprint density at radius 1 is 1.14 bits per heavy atom. The van der Waals surface area contributed by atoms with E-state index in [4.69, 9.17) is 16.3 Å². The molecule has 1 aromatic heterocycles. The average Bonchev–Trinajstić information content (AvgIpc) is 3.20. The number of amides is 2. The van der Waals surface area contributed by atoms with E-state index in [1.54, 1.807) is 25.4 Å². The lowest BCUT2D eigenvalue weighted by molar-refractivity contribution is -0.137. The minimum absolute atomic E-state index is 0.0588. The van der Waals surface area contributed by atoms with Gasteiger partial charge in [0.05, 0.1) is 16.3 Å². The molecule has 2 amide bonds. The van der Waals surface area contributed by atoms with Crippen molar-refractivity contribution in [2.45, 2.75) is 12.6 Å². The lowest BCUT2D eigenvalue weighted by Gasteiger charge is -2.12. The van der Waals surface area contributed by atoms with Crippen LogP contribution >= 0.6 is 11.6 Å². The predicted octanol–water partition coefficient (Wildman–Crippen LogP) is 5.15. The summed E-state index contributed by atoms with van der Waals surface area (Å²) in [5.41, 5.74) is 1.97. The summed E-state index contributed by atoms with van der Waals surface area (Å²) in [6.07, 6.45) is -1.57. The SMILES string of the molecule is CNC(=O)c1cc(Oc2ccc3c(c2)CCN3C)ccn1.O=CNc1cc(C(F)(F)F)ccc1Cl. The van der Waals surface area contributed by atoms with Crippen LogP contribution in [-0.4, -0.2) is 37.9 Å². The number of pyridine rings is 1. The molecule has 2 N–H and O–H groups in total. The average molecular weight is 507 g/mol. The largest absolute Gasteiger partial charge is 0.457 e. The van der Waals surface area contributed by atoms with Gasteiger partial charge in [0, 0.05) is 38.6 Å². The van der Waals surface area contributed by atoms with E-state index in [1.807, 2.05) is 6.07 Å². The Hall–Kier alpha value is -3.79. The maximum Gasteiger partial charge on any atom is 0.416 e. The van der Waals surface area contributed by atoms with E-state index in [1.165, 1.54) is 11.3 Å². The molecule has 0 saturated carbocycles. The molecule has 7 nitrogen and oxygen atoms in total. The zero-order valence-electron chi connectivity index (χ0n) is 18.8. The third-order valence-corrected chi connectivity index (χ3v) is 5.44. The Morgan fingerprint density at radius 2 is 1.89 bits per heavy atom. The number of nitrogens with zero attached hydrogens (tertiary/aromatic N) is 2. The van der Waals surface area contributed by atoms with Crippen LogP contribution < -0.4 is 20.3 Å². The van der Waals surface area contributed by atoms with Crippen LogP contribution in [0.25, 0.3) is 0 Å². The normalized spacial score (nSPS) is 12.2. The standard InChI is InChI=1S/C16H17N3O2.C8H5ClF3NO/c1-17-16(20)14-10-13(5-7-18-14)21-12-3-4-15-11(9-12)6-8-19(15)2;9-6-2-1-5(8(10,11)12)3-7(6)13-4-14/h3-5,7,9-10H,6,8H2,1-2H3,(H,17,20);1-4H,(H,13,14). The van der Waals surface area contributed by atoms with E-state index >= 15 is 0 Å². The van der Waals surface area contributed by atoms with Crippen LogP contribution in [0.2, 0.25) is 5.02 Å². The minimum Gasteiger partial charge on any atom is -0.457 e. The number of aromatic nitrogens is 1. The Bertz CT molecular complexity index is 1220. The molecule has 0 atom stereocenters. The van der Waals surface area contributed by atoms with Crippen molar-refractivity contribution in [3.8, 4) is 11.5 Å². The van der Waals surface area contributed by atoms with Crippen LogP contribution in [0.4, 0.5) is 24.5 Å². The van der Waals surface area contributed by atoms with Crippen molar-refractivity contribution < 1.29 is 27.5 Å². The number of hydrogen-bond donors (Lipinski definition) is 2. The molecule has 184 valence electrons. The van der Waals surface area contributed by atoms with Gasteiger partial charge in [-0.05, 0) is 54.4 Å². The number of ether oxygens (including phenoxy) is 1. The summed E-state index contributed by atoms with van der Waals surface area (Å²) in [6.45, 7) is 1.04. The third kappa shape index (κ3) is 6.63. The maximum absolute atomic E-state index is 12.2. The first-order valence-electron chi connectivity index (χ1n) is 10.4. The third-order valence-electron chi connectivity index (χ3n) is 5.11. The zero-order valence-corrected chi connectivity index (χ0v) is 19.6. The van der Waals surface area contributed by atoms with Gasteiger partial charge < -0.3 is 20.3 Å². The van der Waals surface area contributed by atoms with E-state index in [0.29, 0.717) is 11.4 Å². The van der Waals surface area contributed by atoms with Crippen molar-refractivity contribution in [2.75, 3.05) is 30.9 Å². The van der Waals surface area contributed by atoms with Gasteiger partial charge in [0.15, 0.2) is 0 Å². The highest BCUT2D eigenvalue weighted by molar-refractivity contribution is 6.33. The van der Waals surface area contributed by atoms with Gasteiger partial charge in [-0.3, -0.25) is 14.6 Å². The molecule has 2 aromatic carbocycles. The molecule has 35 heavy (non-hydrogen) atoms. The number of anilines is 2. The van der Waals surface area contributed by atoms with Gasteiger partial charge in [0.2, 0.25) is 6.41 Å². The number of alkyl halides is 3. The summed E-state index contributed by atoms with van der Waals surface area (Å²) < 4.78 is 42.4. The minimum atomic E-state index is -4.44. The first-order chi connectivity index (χ1) is 16.6. The Balaban J connectivity index is 0.000000214. The second kappa shape index (κ2) is 11.1. The number of benzene rings is 2. The van der Waals surface area contributed by atoms with E-state index in [0.717, 1.165) is 36.9 Å². The monoisotopic (exact) mass is 506 g/mol. The summed E-state index contributed by atoms with van der Waals surface area (Å²) in [5, 5.41) is 4.68. The molecule has 4 rings (SSSR count). The summed E-state index contributed by atoms with van der Waals surface area (Å²) >= 11 is 5.54. The van der Waals surface area contributed by atoms with E-state index in [9.17, 15) is 22.8 Å². The van der Waals surface area contributed by atoms with Crippen molar-refractivity contribution in [1.29, 1.82) is 0 Å². The number of hydrogen-bond acceptors (Lipinski definition) is 5. The summed E-state index contributed by atoms with van der Waals surface area (Å²) in [7, 11) is 3.67.